The first-order valence-electron chi connectivity index (χ1n) is 11.0. The van der Waals surface area contributed by atoms with Crippen LogP contribution in [0.3, 0.4) is 0 Å². The molecule has 168 valence electrons. The predicted molar refractivity (Wildman–Crippen MR) is 129 cm³/mol. The number of hydrogen-bond acceptors (Lipinski definition) is 5. The third-order valence-electron chi connectivity index (χ3n) is 5.16. The van der Waals surface area contributed by atoms with E-state index in [-0.39, 0.29) is 11.6 Å². The second-order valence-corrected chi connectivity index (χ2v) is 7.46. The van der Waals surface area contributed by atoms with E-state index in [1.807, 2.05) is 56.3 Å². The lowest BCUT2D eigenvalue weighted by molar-refractivity contribution is -0.120. The van der Waals surface area contributed by atoms with Gasteiger partial charge in [0.05, 0.1) is 30.2 Å². The molecule has 1 aliphatic rings. The topological polar surface area (TPSA) is 67.9 Å². The summed E-state index contributed by atoms with van der Waals surface area (Å²) >= 11 is 0. The minimum atomic E-state index is -0.418. The molecule has 2 amide bonds. The molecule has 3 aromatic carbocycles. The summed E-state index contributed by atoms with van der Waals surface area (Å²) in [6.07, 6.45) is 0.902. The van der Waals surface area contributed by atoms with Crippen molar-refractivity contribution in [3.05, 3.63) is 90.1 Å². The normalized spacial score (nSPS) is 13.5. The molecule has 0 saturated heterocycles. The minimum absolute atomic E-state index is 0.207. The molecule has 0 radical (unpaired) electrons. The number of carbonyl (C=O) groups is 2. The first-order chi connectivity index (χ1) is 16.1. The quantitative estimate of drug-likeness (QED) is 0.457. The van der Waals surface area contributed by atoms with E-state index in [0.717, 1.165) is 6.42 Å². The van der Waals surface area contributed by atoms with E-state index in [4.69, 9.17) is 9.47 Å². The predicted octanol–water partition coefficient (Wildman–Crippen LogP) is 5.27. The fourth-order valence-corrected chi connectivity index (χ4v) is 3.65. The van der Waals surface area contributed by atoms with Crippen molar-refractivity contribution in [1.29, 1.82) is 0 Å². The molecule has 0 aliphatic carbocycles. The largest absolute Gasteiger partial charge is 0.494 e. The molecule has 1 N–H and O–H groups in total. The van der Waals surface area contributed by atoms with Crippen LogP contribution in [0.2, 0.25) is 0 Å². The molecule has 6 heteroatoms. The number of carbonyl (C=O) groups excluding carboxylic acids is 2. The van der Waals surface area contributed by atoms with Crippen molar-refractivity contribution in [2.45, 2.75) is 20.3 Å². The van der Waals surface area contributed by atoms with Crippen LogP contribution in [0.1, 0.15) is 25.8 Å². The summed E-state index contributed by atoms with van der Waals surface area (Å²) in [4.78, 5) is 28.2. The van der Waals surface area contributed by atoms with Gasteiger partial charge in [-0.1, -0.05) is 49.4 Å². The molecule has 33 heavy (non-hydrogen) atoms. The lowest BCUT2D eigenvalue weighted by Crippen LogP contribution is -2.32. The summed E-state index contributed by atoms with van der Waals surface area (Å²) in [6.45, 7) is 5.03. The Morgan fingerprint density at radius 1 is 0.788 bits per heavy atom. The molecule has 0 fully saturated rings. The Morgan fingerprint density at radius 2 is 1.48 bits per heavy atom. The van der Waals surface area contributed by atoms with E-state index in [0.29, 0.717) is 47.2 Å². The average molecular weight is 443 g/mol. The van der Waals surface area contributed by atoms with Gasteiger partial charge < -0.3 is 14.8 Å². The van der Waals surface area contributed by atoms with Gasteiger partial charge in [-0.15, -0.1) is 0 Å². The van der Waals surface area contributed by atoms with Gasteiger partial charge in [-0.3, -0.25) is 9.59 Å². The second kappa shape index (κ2) is 10.0. The van der Waals surface area contributed by atoms with Gasteiger partial charge in [0.25, 0.3) is 11.8 Å². The molecular weight excluding hydrogens is 416 g/mol. The fourth-order valence-electron chi connectivity index (χ4n) is 3.65. The molecular formula is C27H26N2O4. The summed E-state index contributed by atoms with van der Waals surface area (Å²) < 4.78 is 11.4. The van der Waals surface area contributed by atoms with E-state index >= 15 is 0 Å². The fraction of sp³-hybridized carbons (Fsp3) is 0.185. The monoisotopic (exact) mass is 442 g/mol. The van der Waals surface area contributed by atoms with Gasteiger partial charge >= 0.3 is 0 Å². The number of rotatable bonds is 9. The average Bonchev–Trinajstić information content (AvgIpc) is 3.09. The van der Waals surface area contributed by atoms with Crippen molar-refractivity contribution < 1.29 is 19.1 Å². The van der Waals surface area contributed by atoms with Crippen LogP contribution in [0.15, 0.2) is 84.6 Å². The Balaban J connectivity index is 1.77. The zero-order valence-corrected chi connectivity index (χ0v) is 18.7. The van der Waals surface area contributed by atoms with Gasteiger partial charge in [-0.05, 0) is 55.3 Å². The van der Waals surface area contributed by atoms with Gasteiger partial charge in [-0.25, -0.2) is 4.90 Å². The van der Waals surface area contributed by atoms with Gasteiger partial charge in [0.2, 0.25) is 0 Å². The Labute approximate surface area is 193 Å². The van der Waals surface area contributed by atoms with Crippen LogP contribution in [0.25, 0.3) is 5.57 Å². The van der Waals surface area contributed by atoms with E-state index in [1.165, 1.54) is 4.90 Å². The van der Waals surface area contributed by atoms with Crippen molar-refractivity contribution in [1.82, 2.24) is 0 Å². The van der Waals surface area contributed by atoms with Crippen molar-refractivity contribution >= 4 is 28.8 Å². The highest BCUT2D eigenvalue weighted by molar-refractivity contribution is 6.46. The Bertz CT molecular complexity index is 1170. The molecule has 4 rings (SSSR count). The number of nitrogens with one attached hydrogen (secondary N) is 1. The SMILES string of the molecule is CCCOc1ccc(C2=C(Nc3ccccc3OCC)C(=O)N(c3ccccc3)C2=O)cc1. The smallest absolute Gasteiger partial charge is 0.282 e. The first kappa shape index (κ1) is 22.1. The van der Waals surface area contributed by atoms with E-state index in [2.05, 4.69) is 5.32 Å². The van der Waals surface area contributed by atoms with Crippen LogP contribution < -0.4 is 19.7 Å². The standard InChI is InChI=1S/C27H26N2O4/c1-3-18-33-21-16-14-19(15-17-21)24-25(28-22-12-8-9-13-23(22)32-4-2)27(31)29(26(24)30)20-10-6-5-7-11-20/h5-17,28H,3-4,18H2,1-2H3. The van der Waals surface area contributed by atoms with Gasteiger partial charge in [0, 0.05) is 0 Å². The summed E-state index contributed by atoms with van der Waals surface area (Å²) in [6, 6.07) is 23.5. The Morgan fingerprint density at radius 3 is 2.18 bits per heavy atom. The summed E-state index contributed by atoms with van der Waals surface area (Å²) in [5.74, 6) is 0.520. The molecule has 3 aromatic rings. The lowest BCUT2D eigenvalue weighted by atomic mass is 10.0. The van der Waals surface area contributed by atoms with Gasteiger partial charge in [0.15, 0.2) is 0 Å². The summed E-state index contributed by atoms with van der Waals surface area (Å²) in [7, 11) is 0. The van der Waals surface area contributed by atoms with E-state index in [1.54, 1.807) is 36.4 Å². The highest BCUT2D eigenvalue weighted by Gasteiger charge is 2.40. The van der Waals surface area contributed by atoms with Gasteiger partial charge in [0.1, 0.15) is 17.2 Å². The zero-order chi connectivity index (χ0) is 23.2. The first-order valence-corrected chi connectivity index (χ1v) is 11.0. The van der Waals surface area contributed by atoms with Crippen LogP contribution in [0, 0.1) is 0 Å². The highest BCUT2D eigenvalue weighted by Crippen LogP contribution is 2.36. The van der Waals surface area contributed by atoms with Gasteiger partial charge in [-0.2, -0.15) is 0 Å². The molecule has 0 atom stereocenters. The van der Waals surface area contributed by atoms with E-state index < -0.39 is 5.91 Å². The molecule has 0 aromatic heterocycles. The van der Waals surface area contributed by atoms with Crippen LogP contribution >= 0.6 is 0 Å². The van der Waals surface area contributed by atoms with Crippen molar-refractivity contribution in [2.24, 2.45) is 0 Å². The van der Waals surface area contributed by atoms with Crippen LogP contribution in [0.4, 0.5) is 11.4 Å². The van der Waals surface area contributed by atoms with Crippen molar-refractivity contribution in [2.75, 3.05) is 23.4 Å². The maximum Gasteiger partial charge on any atom is 0.282 e. The molecule has 0 bridgehead atoms. The number of para-hydroxylation sites is 3. The number of imide groups is 1. The third kappa shape index (κ3) is 4.60. The van der Waals surface area contributed by atoms with E-state index in [9.17, 15) is 9.59 Å². The number of amides is 2. The Hall–Kier alpha value is -4.06. The van der Waals surface area contributed by atoms with Crippen LogP contribution in [-0.4, -0.2) is 25.0 Å². The highest BCUT2D eigenvalue weighted by atomic mass is 16.5. The summed E-state index contributed by atoms with van der Waals surface area (Å²) in [5.41, 5.74) is 2.27. The molecule has 0 saturated carbocycles. The number of hydrogen-bond donors (Lipinski definition) is 1. The number of benzene rings is 3. The minimum Gasteiger partial charge on any atom is -0.494 e. The second-order valence-electron chi connectivity index (χ2n) is 7.46. The summed E-state index contributed by atoms with van der Waals surface area (Å²) in [5, 5.41) is 3.18. The number of anilines is 2. The number of nitrogens with zero attached hydrogens (tertiary/aromatic N) is 1. The van der Waals surface area contributed by atoms with Crippen LogP contribution in [0.5, 0.6) is 11.5 Å². The van der Waals surface area contributed by atoms with Crippen molar-refractivity contribution in [3.63, 3.8) is 0 Å². The number of ether oxygens (including phenoxy) is 2. The van der Waals surface area contributed by atoms with Crippen molar-refractivity contribution in [3.8, 4) is 11.5 Å². The molecule has 6 nitrogen and oxygen atoms in total. The maximum atomic E-state index is 13.5. The zero-order valence-electron chi connectivity index (χ0n) is 18.7. The molecule has 1 aliphatic heterocycles. The third-order valence-corrected chi connectivity index (χ3v) is 5.16. The Kier molecular flexibility index (Phi) is 6.74. The molecule has 0 spiro atoms. The molecule has 0 unspecified atom stereocenters. The maximum absolute atomic E-state index is 13.5. The molecule has 1 heterocycles. The lowest BCUT2D eigenvalue weighted by Gasteiger charge is -2.16. The van der Waals surface area contributed by atoms with Crippen LogP contribution in [-0.2, 0) is 9.59 Å².